The van der Waals surface area contributed by atoms with Crippen LogP contribution in [-0.4, -0.2) is 40.2 Å². The van der Waals surface area contributed by atoms with E-state index in [1.165, 1.54) is 0 Å². The summed E-state index contributed by atoms with van der Waals surface area (Å²) in [6.07, 6.45) is 3.78. The van der Waals surface area contributed by atoms with E-state index in [2.05, 4.69) is 17.3 Å². The van der Waals surface area contributed by atoms with Crippen molar-refractivity contribution in [2.45, 2.75) is 38.9 Å². The highest BCUT2D eigenvalue weighted by Gasteiger charge is 2.28. The molecule has 0 aromatic carbocycles. The van der Waals surface area contributed by atoms with Crippen LogP contribution in [0.5, 0.6) is 0 Å². The first-order valence-corrected chi connectivity index (χ1v) is 6.21. The Balaban J connectivity index is 1.89. The van der Waals surface area contributed by atoms with Gasteiger partial charge in [-0.2, -0.15) is 5.10 Å². The Kier molecular flexibility index (Phi) is 3.78. The molecule has 2 heterocycles. The van der Waals surface area contributed by atoms with Gasteiger partial charge in [-0.15, -0.1) is 0 Å². The number of aryl methyl sites for hydroxylation is 1. The molecular formula is C12H20N4O. The van der Waals surface area contributed by atoms with Gasteiger partial charge in [0.1, 0.15) is 0 Å². The molecule has 1 saturated heterocycles. The molecule has 0 aliphatic carbocycles. The highest BCUT2D eigenvalue weighted by atomic mass is 16.2. The predicted molar refractivity (Wildman–Crippen MR) is 65.4 cm³/mol. The molecule has 2 rings (SSSR count). The zero-order valence-electron chi connectivity index (χ0n) is 10.5. The summed E-state index contributed by atoms with van der Waals surface area (Å²) < 4.78 is 2.00. The molecule has 1 aromatic rings. The number of likely N-dealkylation sites (N-methyl/N-ethyl adjacent to an activating group) is 1. The van der Waals surface area contributed by atoms with Crippen molar-refractivity contribution >= 4 is 5.91 Å². The molecule has 1 unspecified atom stereocenters. The zero-order chi connectivity index (χ0) is 12.3. The van der Waals surface area contributed by atoms with Gasteiger partial charge in [-0.1, -0.05) is 6.92 Å². The Morgan fingerprint density at radius 3 is 3.06 bits per heavy atom. The molecule has 5 heteroatoms. The van der Waals surface area contributed by atoms with Gasteiger partial charge in [0.05, 0.1) is 11.7 Å². The Morgan fingerprint density at radius 1 is 1.59 bits per heavy atom. The van der Waals surface area contributed by atoms with Gasteiger partial charge in [-0.25, -0.2) is 0 Å². The van der Waals surface area contributed by atoms with E-state index in [4.69, 9.17) is 0 Å². The lowest BCUT2D eigenvalue weighted by Crippen LogP contribution is -2.36. The van der Waals surface area contributed by atoms with Gasteiger partial charge in [0, 0.05) is 32.9 Å². The third-order valence-corrected chi connectivity index (χ3v) is 3.20. The maximum Gasteiger partial charge on any atom is 0.239 e. The normalized spacial score (nSPS) is 20.2. The standard InChI is InChI=1S/C12H20N4O/c1-3-7-16-10(4-6-14-16)9-13-11-5-8-15(2)12(11)17/h4,6,11,13H,3,5,7-9H2,1-2H3. The highest BCUT2D eigenvalue weighted by molar-refractivity contribution is 5.83. The molecule has 1 aliphatic heterocycles. The van der Waals surface area contributed by atoms with Crippen LogP contribution in [-0.2, 0) is 17.9 Å². The first-order chi connectivity index (χ1) is 8.22. The SMILES string of the molecule is CCCn1nccc1CNC1CCN(C)C1=O. The molecule has 1 aliphatic rings. The van der Waals surface area contributed by atoms with E-state index < -0.39 is 0 Å². The number of carbonyl (C=O) groups excluding carboxylic acids is 1. The van der Waals surface area contributed by atoms with Gasteiger partial charge < -0.3 is 10.2 Å². The van der Waals surface area contributed by atoms with E-state index in [1.54, 1.807) is 4.90 Å². The first-order valence-electron chi connectivity index (χ1n) is 6.21. The van der Waals surface area contributed by atoms with Gasteiger partial charge in [-0.3, -0.25) is 9.48 Å². The molecule has 0 bridgehead atoms. The molecule has 17 heavy (non-hydrogen) atoms. The Hall–Kier alpha value is -1.36. The number of amides is 1. The van der Waals surface area contributed by atoms with Crippen LogP contribution in [0.3, 0.4) is 0 Å². The van der Waals surface area contributed by atoms with Crippen molar-refractivity contribution < 1.29 is 4.79 Å². The molecule has 1 atom stereocenters. The molecule has 5 nitrogen and oxygen atoms in total. The van der Waals surface area contributed by atoms with Crippen LogP contribution < -0.4 is 5.32 Å². The van der Waals surface area contributed by atoms with Gasteiger partial charge in [0.2, 0.25) is 5.91 Å². The highest BCUT2D eigenvalue weighted by Crippen LogP contribution is 2.09. The predicted octanol–water partition coefficient (Wildman–Crippen LogP) is 0.613. The summed E-state index contributed by atoms with van der Waals surface area (Å²) in [6, 6.07) is 1.98. The van der Waals surface area contributed by atoms with Gasteiger partial charge >= 0.3 is 0 Å². The van der Waals surface area contributed by atoms with Crippen molar-refractivity contribution in [1.29, 1.82) is 0 Å². The van der Waals surface area contributed by atoms with Crippen LogP contribution in [0.15, 0.2) is 12.3 Å². The average Bonchev–Trinajstić information content (AvgIpc) is 2.87. The van der Waals surface area contributed by atoms with Gasteiger partial charge in [0.25, 0.3) is 0 Å². The molecular weight excluding hydrogens is 216 g/mol. The summed E-state index contributed by atoms with van der Waals surface area (Å²) in [4.78, 5) is 13.5. The summed E-state index contributed by atoms with van der Waals surface area (Å²) in [5.41, 5.74) is 1.15. The van der Waals surface area contributed by atoms with E-state index >= 15 is 0 Å². The summed E-state index contributed by atoms with van der Waals surface area (Å²) >= 11 is 0. The van der Waals surface area contributed by atoms with E-state index in [-0.39, 0.29) is 11.9 Å². The number of nitrogens with one attached hydrogen (secondary N) is 1. The number of nitrogens with zero attached hydrogens (tertiary/aromatic N) is 3. The molecule has 1 N–H and O–H groups in total. The van der Waals surface area contributed by atoms with Gasteiger partial charge in [0.15, 0.2) is 0 Å². The Morgan fingerprint density at radius 2 is 2.41 bits per heavy atom. The topological polar surface area (TPSA) is 50.2 Å². The second-order valence-electron chi connectivity index (χ2n) is 4.53. The third kappa shape index (κ3) is 2.66. The Labute approximate surface area is 102 Å². The molecule has 1 aromatic heterocycles. The number of hydrogen-bond acceptors (Lipinski definition) is 3. The van der Waals surface area contributed by atoms with Crippen molar-refractivity contribution in [3.05, 3.63) is 18.0 Å². The van der Waals surface area contributed by atoms with Crippen molar-refractivity contribution in [2.24, 2.45) is 0 Å². The average molecular weight is 236 g/mol. The quantitative estimate of drug-likeness (QED) is 0.815. The maximum atomic E-state index is 11.7. The largest absolute Gasteiger partial charge is 0.344 e. The number of hydrogen-bond donors (Lipinski definition) is 1. The minimum atomic E-state index is -0.0232. The van der Waals surface area contributed by atoms with Crippen LogP contribution in [0.25, 0.3) is 0 Å². The smallest absolute Gasteiger partial charge is 0.239 e. The van der Waals surface area contributed by atoms with Gasteiger partial charge in [-0.05, 0) is 18.9 Å². The van der Waals surface area contributed by atoms with Crippen molar-refractivity contribution in [3.63, 3.8) is 0 Å². The maximum absolute atomic E-state index is 11.7. The lowest BCUT2D eigenvalue weighted by Gasteiger charge is -2.13. The van der Waals surface area contributed by atoms with E-state index in [0.29, 0.717) is 6.54 Å². The second kappa shape index (κ2) is 5.31. The van der Waals surface area contributed by atoms with Crippen molar-refractivity contribution in [3.8, 4) is 0 Å². The molecule has 0 saturated carbocycles. The molecule has 94 valence electrons. The summed E-state index contributed by atoms with van der Waals surface area (Å²) in [7, 11) is 1.85. The number of rotatable bonds is 5. The summed E-state index contributed by atoms with van der Waals surface area (Å²) in [5.74, 6) is 0.201. The number of carbonyl (C=O) groups is 1. The fourth-order valence-electron chi connectivity index (χ4n) is 2.16. The van der Waals surface area contributed by atoms with Crippen molar-refractivity contribution in [1.82, 2.24) is 20.0 Å². The molecule has 0 spiro atoms. The fourth-order valence-corrected chi connectivity index (χ4v) is 2.16. The van der Waals surface area contributed by atoms with E-state index in [0.717, 1.165) is 31.6 Å². The molecule has 1 fully saturated rings. The van der Waals surface area contributed by atoms with Crippen LogP contribution in [0, 0.1) is 0 Å². The molecule has 1 amide bonds. The minimum absolute atomic E-state index is 0.0232. The van der Waals surface area contributed by atoms with Crippen molar-refractivity contribution in [2.75, 3.05) is 13.6 Å². The number of likely N-dealkylation sites (tertiary alicyclic amines) is 1. The Bertz CT molecular complexity index is 388. The monoisotopic (exact) mass is 236 g/mol. The lowest BCUT2D eigenvalue weighted by atomic mass is 10.2. The first kappa shape index (κ1) is 12.1. The van der Waals surface area contributed by atoms with Crippen LogP contribution >= 0.6 is 0 Å². The second-order valence-corrected chi connectivity index (χ2v) is 4.53. The molecule has 0 radical (unpaired) electrons. The lowest BCUT2D eigenvalue weighted by molar-refractivity contribution is -0.128. The summed E-state index contributed by atoms with van der Waals surface area (Å²) in [5, 5.41) is 7.58. The minimum Gasteiger partial charge on any atom is -0.344 e. The van der Waals surface area contributed by atoms with E-state index in [1.807, 2.05) is 24.0 Å². The van der Waals surface area contributed by atoms with Crippen LogP contribution in [0.1, 0.15) is 25.5 Å². The third-order valence-electron chi connectivity index (χ3n) is 3.20. The zero-order valence-corrected chi connectivity index (χ0v) is 10.5. The number of aromatic nitrogens is 2. The van der Waals surface area contributed by atoms with Crippen LogP contribution in [0.2, 0.25) is 0 Å². The summed E-state index contributed by atoms with van der Waals surface area (Å²) in [6.45, 7) is 4.63. The fraction of sp³-hybridized carbons (Fsp3) is 0.667. The van der Waals surface area contributed by atoms with Crippen LogP contribution in [0.4, 0.5) is 0 Å². The van der Waals surface area contributed by atoms with E-state index in [9.17, 15) is 4.79 Å².